The predicted molar refractivity (Wildman–Crippen MR) is 81.9 cm³/mol. The molecular weight excluding hydrogens is 267 g/mol. The van der Waals surface area contributed by atoms with Crippen molar-refractivity contribution < 1.29 is 9.50 Å². The van der Waals surface area contributed by atoms with Crippen LogP contribution in [-0.4, -0.2) is 10.1 Å². The lowest BCUT2D eigenvalue weighted by atomic mass is 10.1. The number of hydrogen-bond donors (Lipinski definition) is 2. The fourth-order valence-corrected chi connectivity index (χ4v) is 2.24. The first-order valence-corrected chi connectivity index (χ1v) is 6.71. The Morgan fingerprint density at radius 2 is 2.00 bits per heavy atom. The summed E-state index contributed by atoms with van der Waals surface area (Å²) in [7, 11) is 0. The standard InChI is InChI=1S/C17H15FN2O/c1-11-5-7-13-3-2-4-15(17(13)20-11)19-10-12-6-8-16(21)14(18)9-12/h2-9,19,21H,10H2,1H3. The number of anilines is 1. The highest BCUT2D eigenvalue weighted by atomic mass is 19.1. The van der Waals surface area contributed by atoms with Crippen molar-refractivity contribution in [1.82, 2.24) is 4.98 Å². The van der Waals surface area contributed by atoms with Gasteiger partial charge in [-0.2, -0.15) is 0 Å². The number of pyridine rings is 1. The minimum Gasteiger partial charge on any atom is -0.505 e. The second kappa shape index (κ2) is 5.40. The van der Waals surface area contributed by atoms with Crippen molar-refractivity contribution in [3.05, 3.63) is 65.6 Å². The molecule has 0 aliphatic heterocycles. The van der Waals surface area contributed by atoms with Gasteiger partial charge in [-0.25, -0.2) is 4.39 Å². The highest BCUT2D eigenvalue weighted by molar-refractivity contribution is 5.90. The first kappa shape index (κ1) is 13.4. The molecule has 0 saturated carbocycles. The van der Waals surface area contributed by atoms with E-state index in [1.54, 1.807) is 6.07 Å². The van der Waals surface area contributed by atoms with Crippen LogP contribution >= 0.6 is 0 Å². The zero-order chi connectivity index (χ0) is 14.8. The molecule has 4 heteroatoms. The van der Waals surface area contributed by atoms with E-state index in [-0.39, 0.29) is 5.75 Å². The minimum absolute atomic E-state index is 0.332. The number of phenols is 1. The maximum Gasteiger partial charge on any atom is 0.165 e. The molecule has 0 aliphatic rings. The van der Waals surface area contributed by atoms with Crippen molar-refractivity contribution in [2.45, 2.75) is 13.5 Å². The van der Waals surface area contributed by atoms with Crippen LogP contribution in [0.5, 0.6) is 5.75 Å². The van der Waals surface area contributed by atoms with Gasteiger partial charge in [-0.3, -0.25) is 4.98 Å². The van der Waals surface area contributed by atoms with Gasteiger partial charge in [0.05, 0.1) is 11.2 Å². The summed E-state index contributed by atoms with van der Waals surface area (Å²) < 4.78 is 13.3. The van der Waals surface area contributed by atoms with Crippen molar-refractivity contribution in [1.29, 1.82) is 0 Å². The lowest BCUT2D eigenvalue weighted by molar-refractivity contribution is 0.432. The van der Waals surface area contributed by atoms with E-state index < -0.39 is 5.82 Å². The zero-order valence-electron chi connectivity index (χ0n) is 11.6. The molecule has 1 aromatic heterocycles. The fraction of sp³-hybridized carbons (Fsp3) is 0.118. The zero-order valence-corrected chi connectivity index (χ0v) is 11.6. The molecule has 3 aromatic rings. The van der Waals surface area contributed by atoms with Crippen molar-refractivity contribution in [3.8, 4) is 5.75 Å². The summed E-state index contributed by atoms with van der Waals surface area (Å²) in [6.07, 6.45) is 0. The smallest absolute Gasteiger partial charge is 0.165 e. The van der Waals surface area contributed by atoms with Gasteiger partial charge in [-0.1, -0.05) is 24.3 Å². The molecule has 2 N–H and O–H groups in total. The molecule has 0 bridgehead atoms. The normalized spacial score (nSPS) is 10.8. The largest absolute Gasteiger partial charge is 0.505 e. The summed E-state index contributed by atoms with van der Waals surface area (Å²) in [6.45, 7) is 2.41. The SMILES string of the molecule is Cc1ccc2cccc(NCc3ccc(O)c(F)c3)c2n1. The van der Waals surface area contributed by atoms with Crippen molar-refractivity contribution >= 4 is 16.6 Å². The third-order valence-electron chi connectivity index (χ3n) is 3.35. The quantitative estimate of drug-likeness (QED) is 0.763. The van der Waals surface area contributed by atoms with Crippen LogP contribution in [0.15, 0.2) is 48.5 Å². The Kier molecular flexibility index (Phi) is 3.44. The van der Waals surface area contributed by atoms with Gasteiger partial charge in [0.25, 0.3) is 0 Å². The summed E-state index contributed by atoms with van der Waals surface area (Å²) in [5.74, 6) is -0.942. The lowest BCUT2D eigenvalue weighted by Gasteiger charge is -2.10. The summed E-state index contributed by atoms with van der Waals surface area (Å²) in [5.41, 5.74) is 3.52. The molecule has 0 amide bonds. The summed E-state index contributed by atoms with van der Waals surface area (Å²) in [6, 6.07) is 14.3. The molecule has 3 nitrogen and oxygen atoms in total. The van der Waals surface area contributed by atoms with Crippen LogP contribution in [0.4, 0.5) is 10.1 Å². The van der Waals surface area contributed by atoms with E-state index in [0.29, 0.717) is 6.54 Å². The Morgan fingerprint density at radius 3 is 2.81 bits per heavy atom. The molecule has 21 heavy (non-hydrogen) atoms. The number of para-hydroxylation sites is 1. The average molecular weight is 282 g/mol. The molecule has 2 aromatic carbocycles. The molecule has 3 rings (SSSR count). The van der Waals surface area contributed by atoms with Gasteiger partial charge < -0.3 is 10.4 Å². The van der Waals surface area contributed by atoms with E-state index in [9.17, 15) is 9.50 Å². The number of aromatic hydroxyl groups is 1. The monoisotopic (exact) mass is 282 g/mol. The minimum atomic E-state index is -0.610. The van der Waals surface area contributed by atoms with Gasteiger partial charge in [0.1, 0.15) is 0 Å². The number of benzene rings is 2. The van der Waals surface area contributed by atoms with Crippen LogP contribution in [0, 0.1) is 12.7 Å². The van der Waals surface area contributed by atoms with Crippen LogP contribution in [0.3, 0.4) is 0 Å². The number of halogens is 1. The molecule has 0 saturated heterocycles. The highest BCUT2D eigenvalue weighted by Crippen LogP contribution is 2.23. The van der Waals surface area contributed by atoms with Crippen LogP contribution < -0.4 is 5.32 Å². The van der Waals surface area contributed by atoms with E-state index in [1.165, 1.54) is 12.1 Å². The van der Waals surface area contributed by atoms with Crippen LogP contribution in [0.1, 0.15) is 11.3 Å². The van der Waals surface area contributed by atoms with E-state index in [1.807, 2.05) is 37.3 Å². The molecule has 0 atom stereocenters. The van der Waals surface area contributed by atoms with Crippen LogP contribution in [-0.2, 0) is 6.54 Å². The third-order valence-corrected chi connectivity index (χ3v) is 3.35. The molecular formula is C17H15FN2O. The molecule has 0 spiro atoms. The van der Waals surface area contributed by atoms with Gasteiger partial charge in [0.15, 0.2) is 11.6 Å². The number of hydrogen-bond acceptors (Lipinski definition) is 3. The van der Waals surface area contributed by atoms with Crippen molar-refractivity contribution in [2.75, 3.05) is 5.32 Å². The molecule has 106 valence electrons. The van der Waals surface area contributed by atoms with Gasteiger partial charge in [-0.15, -0.1) is 0 Å². The molecule has 0 unspecified atom stereocenters. The van der Waals surface area contributed by atoms with Crippen LogP contribution in [0.2, 0.25) is 0 Å². The molecule has 1 heterocycles. The summed E-state index contributed by atoms with van der Waals surface area (Å²) in [4.78, 5) is 4.54. The average Bonchev–Trinajstić information content (AvgIpc) is 2.48. The first-order valence-electron chi connectivity index (χ1n) is 6.71. The van der Waals surface area contributed by atoms with E-state index in [0.717, 1.165) is 27.8 Å². The van der Waals surface area contributed by atoms with E-state index >= 15 is 0 Å². The number of rotatable bonds is 3. The number of nitrogens with zero attached hydrogens (tertiary/aromatic N) is 1. The van der Waals surface area contributed by atoms with Gasteiger partial charge in [0.2, 0.25) is 0 Å². The summed E-state index contributed by atoms with van der Waals surface area (Å²) in [5, 5.41) is 13.5. The maximum absolute atomic E-state index is 13.3. The lowest BCUT2D eigenvalue weighted by Crippen LogP contribution is -2.01. The number of nitrogens with one attached hydrogen (secondary N) is 1. The van der Waals surface area contributed by atoms with Crippen molar-refractivity contribution in [3.63, 3.8) is 0 Å². The first-order chi connectivity index (χ1) is 10.1. The van der Waals surface area contributed by atoms with Gasteiger partial charge in [-0.05, 0) is 36.8 Å². The van der Waals surface area contributed by atoms with Gasteiger partial charge >= 0.3 is 0 Å². The fourth-order valence-electron chi connectivity index (χ4n) is 2.24. The van der Waals surface area contributed by atoms with Crippen molar-refractivity contribution in [2.24, 2.45) is 0 Å². The number of fused-ring (bicyclic) bond motifs is 1. The Bertz CT molecular complexity index is 802. The topological polar surface area (TPSA) is 45.1 Å². The third kappa shape index (κ3) is 2.79. The second-order valence-electron chi connectivity index (χ2n) is 4.97. The molecule has 0 aliphatic carbocycles. The predicted octanol–water partition coefficient (Wildman–Crippen LogP) is 4.00. The van der Waals surface area contributed by atoms with Gasteiger partial charge in [0, 0.05) is 17.6 Å². The van der Waals surface area contributed by atoms with Crippen LogP contribution in [0.25, 0.3) is 10.9 Å². The summed E-state index contributed by atoms with van der Waals surface area (Å²) >= 11 is 0. The highest BCUT2D eigenvalue weighted by Gasteiger charge is 2.04. The Morgan fingerprint density at radius 1 is 1.14 bits per heavy atom. The maximum atomic E-state index is 13.3. The number of phenolic OH excluding ortho intramolecular Hbond substituents is 1. The number of aryl methyl sites for hydroxylation is 1. The van der Waals surface area contributed by atoms with E-state index in [2.05, 4.69) is 10.3 Å². The molecule has 0 radical (unpaired) electrons. The Balaban J connectivity index is 1.88. The van der Waals surface area contributed by atoms with E-state index in [4.69, 9.17) is 0 Å². The number of aromatic nitrogens is 1. The molecule has 0 fully saturated rings. The Hall–Kier alpha value is -2.62. The Labute approximate surface area is 122 Å². The second-order valence-corrected chi connectivity index (χ2v) is 4.97.